The first-order chi connectivity index (χ1) is 13.9. The van der Waals surface area contributed by atoms with Crippen molar-refractivity contribution in [2.75, 3.05) is 37.7 Å². The van der Waals surface area contributed by atoms with Gasteiger partial charge in [0, 0.05) is 31.2 Å². The van der Waals surface area contributed by atoms with Crippen LogP contribution in [-0.2, 0) is 4.79 Å². The van der Waals surface area contributed by atoms with E-state index in [4.69, 9.17) is 44.5 Å². The second kappa shape index (κ2) is 8.56. The summed E-state index contributed by atoms with van der Waals surface area (Å²) in [4.78, 5) is 21.3. The van der Waals surface area contributed by atoms with E-state index < -0.39 is 0 Å². The number of halogens is 3. The smallest absolute Gasteiger partial charge is 0.260 e. The Labute approximate surface area is 187 Å². The zero-order chi connectivity index (χ0) is 20.5. The molecule has 0 aliphatic carbocycles. The van der Waals surface area contributed by atoms with Crippen molar-refractivity contribution in [2.24, 2.45) is 0 Å². The van der Waals surface area contributed by atoms with E-state index in [0.717, 1.165) is 25.9 Å². The van der Waals surface area contributed by atoms with E-state index in [9.17, 15) is 4.79 Å². The molecule has 0 spiro atoms. The van der Waals surface area contributed by atoms with Gasteiger partial charge < -0.3 is 14.5 Å². The van der Waals surface area contributed by atoms with Crippen LogP contribution >= 0.6 is 46.1 Å². The Morgan fingerprint density at radius 1 is 1.10 bits per heavy atom. The molecular weight excluding hydrogens is 453 g/mol. The third kappa shape index (κ3) is 4.40. The van der Waals surface area contributed by atoms with Crippen LogP contribution < -0.4 is 9.64 Å². The third-order valence-corrected chi connectivity index (χ3v) is 6.94. The molecule has 3 aromatic rings. The van der Waals surface area contributed by atoms with Crippen LogP contribution in [0.5, 0.6) is 5.75 Å². The van der Waals surface area contributed by atoms with E-state index >= 15 is 0 Å². The topological polar surface area (TPSA) is 45.7 Å². The molecule has 0 atom stereocenters. The number of piperazine rings is 1. The van der Waals surface area contributed by atoms with E-state index in [2.05, 4.69) is 4.90 Å². The molecule has 5 nitrogen and oxygen atoms in total. The summed E-state index contributed by atoms with van der Waals surface area (Å²) in [6.45, 7) is 4.62. The van der Waals surface area contributed by atoms with Gasteiger partial charge in [-0.25, -0.2) is 4.98 Å². The highest BCUT2D eigenvalue weighted by molar-refractivity contribution is 7.22. The van der Waals surface area contributed by atoms with Crippen molar-refractivity contribution in [3.05, 3.63) is 51.0 Å². The molecule has 2 heterocycles. The fraction of sp³-hybridized carbons (Fsp3) is 0.300. The number of hydrogen-bond acceptors (Lipinski definition) is 5. The molecule has 0 unspecified atom stereocenters. The summed E-state index contributed by atoms with van der Waals surface area (Å²) in [5.41, 5.74) is 2.06. The normalized spacial score (nSPS) is 14.5. The Morgan fingerprint density at radius 3 is 2.55 bits per heavy atom. The average Bonchev–Trinajstić information content (AvgIpc) is 3.17. The van der Waals surface area contributed by atoms with Crippen molar-refractivity contribution in [3.8, 4) is 5.75 Å². The zero-order valence-electron chi connectivity index (χ0n) is 15.6. The molecule has 1 saturated heterocycles. The van der Waals surface area contributed by atoms with Crippen molar-refractivity contribution in [1.82, 2.24) is 9.88 Å². The number of anilines is 1. The first-order valence-electron chi connectivity index (χ1n) is 9.08. The third-order valence-electron chi connectivity index (χ3n) is 4.83. The number of thiazole rings is 1. The molecule has 152 valence electrons. The SMILES string of the molecule is Cc1ccc(Cl)c2sc(N3CCN(C(=O)COc4ccc(Cl)cc4Cl)CC3)nc12. The predicted octanol–water partition coefficient (Wildman–Crippen LogP) is 5.29. The van der Waals surface area contributed by atoms with Crippen LogP contribution in [0, 0.1) is 6.92 Å². The van der Waals surface area contributed by atoms with Gasteiger partial charge in [-0.05, 0) is 36.8 Å². The van der Waals surface area contributed by atoms with Crippen LogP contribution in [0.1, 0.15) is 5.56 Å². The van der Waals surface area contributed by atoms with E-state index in [1.54, 1.807) is 34.4 Å². The average molecular weight is 471 g/mol. The largest absolute Gasteiger partial charge is 0.482 e. The van der Waals surface area contributed by atoms with Gasteiger partial charge in [0.15, 0.2) is 11.7 Å². The molecule has 1 aliphatic heterocycles. The Balaban J connectivity index is 1.36. The number of carbonyl (C=O) groups is 1. The van der Waals surface area contributed by atoms with E-state index in [1.165, 1.54) is 0 Å². The maximum atomic E-state index is 12.5. The number of fused-ring (bicyclic) bond motifs is 1. The fourth-order valence-electron chi connectivity index (χ4n) is 3.20. The van der Waals surface area contributed by atoms with Crippen molar-refractivity contribution in [1.29, 1.82) is 0 Å². The lowest BCUT2D eigenvalue weighted by atomic mass is 10.2. The second-order valence-corrected chi connectivity index (χ2v) is 9.00. The fourth-order valence-corrected chi connectivity index (χ4v) is 5.03. The first-order valence-corrected chi connectivity index (χ1v) is 11.0. The summed E-state index contributed by atoms with van der Waals surface area (Å²) in [6, 6.07) is 8.82. The van der Waals surface area contributed by atoms with Gasteiger partial charge in [0.25, 0.3) is 5.91 Å². The summed E-state index contributed by atoms with van der Waals surface area (Å²) in [7, 11) is 0. The van der Waals surface area contributed by atoms with Crippen molar-refractivity contribution < 1.29 is 9.53 Å². The molecule has 1 fully saturated rings. The number of carbonyl (C=O) groups excluding carboxylic acids is 1. The number of rotatable bonds is 4. The lowest BCUT2D eigenvalue weighted by molar-refractivity contribution is -0.133. The van der Waals surface area contributed by atoms with Gasteiger partial charge in [-0.1, -0.05) is 52.2 Å². The van der Waals surface area contributed by atoms with Gasteiger partial charge in [-0.15, -0.1) is 0 Å². The van der Waals surface area contributed by atoms with Crippen molar-refractivity contribution in [2.45, 2.75) is 6.92 Å². The van der Waals surface area contributed by atoms with Gasteiger partial charge >= 0.3 is 0 Å². The Morgan fingerprint density at radius 2 is 1.86 bits per heavy atom. The highest BCUT2D eigenvalue weighted by atomic mass is 35.5. The van der Waals surface area contributed by atoms with Gasteiger partial charge in [0.05, 0.1) is 20.3 Å². The number of hydrogen-bond donors (Lipinski definition) is 0. The van der Waals surface area contributed by atoms with Gasteiger partial charge in [0.2, 0.25) is 0 Å². The number of amides is 1. The summed E-state index contributed by atoms with van der Waals surface area (Å²) >= 11 is 19.9. The molecule has 0 N–H and O–H groups in total. The lowest BCUT2D eigenvalue weighted by Gasteiger charge is -2.34. The minimum absolute atomic E-state index is 0.0582. The number of benzene rings is 2. The molecule has 1 aromatic heterocycles. The molecular formula is C20H18Cl3N3O2S. The highest BCUT2D eigenvalue weighted by Crippen LogP contribution is 2.36. The van der Waals surface area contributed by atoms with Crippen LogP contribution in [0.25, 0.3) is 10.2 Å². The Hall–Kier alpha value is -1.73. The van der Waals surface area contributed by atoms with Crippen LogP contribution in [0.2, 0.25) is 15.1 Å². The monoisotopic (exact) mass is 469 g/mol. The highest BCUT2D eigenvalue weighted by Gasteiger charge is 2.24. The molecule has 29 heavy (non-hydrogen) atoms. The molecule has 2 aromatic carbocycles. The van der Waals surface area contributed by atoms with Crippen LogP contribution in [-0.4, -0.2) is 48.6 Å². The molecule has 1 aliphatic rings. The molecule has 0 bridgehead atoms. The quantitative estimate of drug-likeness (QED) is 0.519. The number of aryl methyl sites for hydroxylation is 1. The van der Waals surface area contributed by atoms with E-state index in [0.29, 0.717) is 42.0 Å². The molecule has 0 radical (unpaired) electrons. The summed E-state index contributed by atoms with van der Waals surface area (Å²) in [6.07, 6.45) is 0. The zero-order valence-corrected chi connectivity index (χ0v) is 18.7. The number of aromatic nitrogens is 1. The van der Waals surface area contributed by atoms with Crippen molar-refractivity contribution >= 4 is 67.4 Å². The summed E-state index contributed by atoms with van der Waals surface area (Å²) in [5, 5.41) is 2.57. The standard InChI is InChI=1S/C20H18Cl3N3O2S/c1-12-2-4-14(22)19-18(12)24-20(29-19)26-8-6-25(7-9-26)17(27)11-28-16-5-3-13(21)10-15(16)23/h2-5,10H,6-9,11H2,1H3. The Kier molecular flexibility index (Phi) is 6.06. The van der Waals surface area contributed by atoms with Gasteiger partial charge in [0.1, 0.15) is 5.75 Å². The maximum Gasteiger partial charge on any atom is 0.260 e. The first kappa shape index (κ1) is 20.5. The minimum Gasteiger partial charge on any atom is -0.482 e. The minimum atomic E-state index is -0.0705. The maximum absolute atomic E-state index is 12.5. The predicted molar refractivity (Wildman–Crippen MR) is 120 cm³/mol. The molecule has 9 heteroatoms. The molecule has 4 rings (SSSR count). The second-order valence-electron chi connectivity index (χ2n) is 6.77. The van der Waals surface area contributed by atoms with Gasteiger partial charge in [-0.2, -0.15) is 0 Å². The summed E-state index contributed by atoms with van der Waals surface area (Å²) < 4.78 is 6.57. The number of nitrogens with zero attached hydrogens (tertiary/aromatic N) is 3. The van der Waals surface area contributed by atoms with Gasteiger partial charge in [-0.3, -0.25) is 4.79 Å². The molecule has 1 amide bonds. The van der Waals surface area contributed by atoms with E-state index in [1.807, 2.05) is 19.1 Å². The van der Waals surface area contributed by atoms with Crippen LogP contribution in [0.4, 0.5) is 5.13 Å². The number of ether oxygens (including phenoxy) is 1. The van der Waals surface area contributed by atoms with Crippen LogP contribution in [0.3, 0.4) is 0 Å². The Bertz CT molecular complexity index is 1030. The summed E-state index contributed by atoms with van der Waals surface area (Å²) in [5.74, 6) is 0.378. The van der Waals surface area contributed by atoms with Crippen molar-refractivity contribution in [3.63, 3.8) is 0 Å². The molecule has 0 saturated carbocycles. The lowest BCUT2D eigenvalue weighted by Crippen LogP contribution is -2.50. The van der Waals surface area contributed by atoms with Crippen LogP contribution in [0.15, 0.2) is 30.3 Å². The van der Waals surface area contributed by atoms with E-state index in [-0.39, 0.29) is 12.5 Å².